The van der Waals surface area contributed by atoms with E-state index >= 15 is 0 Å². The van der Waals surface area contributed by atoms with E-state index in [4.69, 9.17) is 4.98 Å². The SMILES string of the molecule is CC(N1CC(CC#N)(n2cc(-n3c(-c4cccs4)nc4cnc5[nH]ccc5c43)cn2)C1)S(=O)[O-]. The van der Waals surface area contributed by atoms with Gasteiger partial charge in [0.25, 0.3) is 0 Å². The molecule has 1 saturated heterocycles. The number of imidazole rings is 1. The third-order valence-corrected chi connectivity index (χ3v) is 8.17. The van der Waals surface area contributed by atoms with Crippen molar-refractivity contribution in [2.45, 2.75) is 24.3 Å². The number of aromatic amines is 1. The average Bonchev–Trinajstić information content (AvgIpc) is 3.58. The van der Waals surface area contributed by atoms with Crippen LogP contribution in [0.25, 0.3) is 38.5 Å². The Bertz CT molecular complexity index is 1570. The number of pyridine rings is 1. The largest absolute Gasteiger partial charge is 0.771 e. The minimum absolute atomic E-state index is 0.233. The first-order chi connectivity index (χ1) is 16.5. The van der Waals surface area contributed by atoms with Crippen molar-refractivity contribution in [1.82, 2.24) is 34.2 Å². The first-order valence-corrected chi connectivity index (χ1v) is 12.7. The summed E-state index contributed by atoms with van der Waals surface area (Å²) in [6.07, 6.45) is 7.54. The zero-order valence-corrected chi connectivity index (χ0v) is 19.7. The summed E-state index contributed by atoms with van der Waals surface area (Å²) in [5.74, 6) is 0.792. The molecule has 0 aliphatic carbocycles. The zero-order valence-electron chi connectivity index (χ0n) is 18.1. The number of aromatic nitrogens is 6. The number of likely N-dealkylation sites (tertiary alicyclic amines) is 1. The topological polar surface area (TPSA) is 131 Å². The van der Waals surface area contributed by atoms with Crippen molar-refractivity contribution >= 4 is 44.5 Å². The van der Waals surface area contributed by atoms with E-state index in [-0.39, 0.29) is 6.42 Å². The van der Waals surface area contributed by atoms with Gasteiger partial charge in [0.05, 0.1) is 46.3 Å². The van der Waals surface area contributed by atoms with Crippen molar-refractivity contribution in [2.75, 3.05) is 13.1 Å². The van der Waals surface area contributed by atoms with E-state index in [1.807, 2.05) is 45.6 Å². The molecule has 0 amide bonds. The normalized spacial score (nSPS) is 17.6. The van der Waals surface area contributed by atoms with Crippen molar-refractivity contribution in [1.29, 1.82) is 5.26 Å². The van der Waals surface area contributed by atoms with E-state index in [1.165, 1.54) is 0 Å². The van der Waals surface area contributed by atoms with E-state index in [2.05, 4.69) is 25.7 Å². The molecule has 2 unspecified atom stereocenters. The van der Waals surface area contributed by atoms with E-state index in [9.17, 15) is 14.0 Å². The zero-order chi connectivity index (χ0) is 23.4. The predicted molar refractivity (Wildman–Crippen MR) is 128 cm³/mol. The Balaban J connectivity index is 1.49. The number of nitriles is 1. The van der Waals surface area contributed by atoms with Crippen LogP contribution in [0.1, 0.15) is 13.3 Å². The van der Waals surface area contributed by atoms with Gasteiger partial charge >= 0.3 is 0 Å². The molecule has 0 aromatic carbocycles. The minimum atomic E-state index is -2.20. The Morgan fingerprint density at radius 1 is 1.38 bits per heavy atom. The molecule has 0 spiro atoms. The van der Waals surface area contributed by atoms with Crippen LogP contribution in [-0.4, -0.2) is 61.4 Å². The fourth-order valence-electron chi connectivity index (χ4n) is 4.65. The Morgan fingerprint density at radius 3 is 2.97 bits per heavy atom. The number of rotatable bonds is 6. The summed E-state index contributed by atoms with van der Waals surface area (Å²) in [6, 6.07) is 8.25. The van der Waals surface area contributed by atoms with Gasteiger partial charge in [0.2, 0.25) is 0 Å². The Hall–Kier alpha value is -3.37. The van der Waals surface area contributed by atoms with Crippen LogP contribution in [-0.2, 0) is 16.6 Å². The van der Waals surface area contributed by atoms with Gasteiger partial charge in [-0.25, -0.2) is 9.97 Å². The molecule has 34 heavy (non-hydrogen) atoms. The van der Waals surface area contributed by atoms with Crippen LogP contribution in [0.3, 0.4) is 0 Å². The second-order valence-corrected chi connectivity index (χ2v) is 10.6. The Labute approximate surface area is 200 Å². The lowest BCUT2D eigenvalue weighted by atomic mass is 9.87. The third kappa shape index (κ3) is 3.13. The van der Waals surface area contributed by atoms with Gasteiger partial charge in [-0.1, -0.05) is 6.07 Å². The summed E-state index contributed by atoms with van der Waals surface area (Å²) in [5, 5.41) is 16.5. The highest BCUT2D eigenvalue weighted by molar-refractivity contribution is 7.79. The third-order valence-electron chi connectivity index (χ3n) is 6.45. The molecule has 10 nitrogen and oxygen atoms in total. The van der Waals surface area contributed by atoms with Crippen LogP contribution in [0, 0.1) is 11.3 Å². The molecule has 5 aromatic rings. The highest BCUT2D eigenvalue weighted by Crippen LogP contribution is 2.37. The van der Waals surface area contributed by atoms with Gasteiger partial charge in [-0.3, -0.25) is 18.4 Å². The van der Waals surface area contributed by atoms with Crippen LogP contribution in [0.15, 0.2) is 48.4 Å². The van der Waals surface area contributed by atoms with Crippen LogP contribution in [0.5, 0.6) is 0 Å². The molecule has 1 N–H and O–H groups in total. The molecule has 6 heterocycles. The summed E-state index contributed by atoms with van der Waals surface area (Å²) in [5.41, 5.74) is 2.71. The summed E-state index contributed by atoms with van der Waals surface area (Å²) in [4.78, 5) is 15.4. The molecular weight excluding hydrogens is 472 g/mol. The molecular formula is C22H19N8O2S2-. The molecule has 1 fully saturated rings. The van der Waals surface area contributed by atoms with E-state index in [0.29, 0.717) is 13.1 Å². The molecule has 172 valence electrons. The lowest BCUT2D eigenvalue weighted by Gasteiger charge is -2.51. The molecule has 1 aliphatic rings. The Morgan fingerprint density at radius 2 is 2.24 bits per heavy atom. The van der Waals surface area contributed by atoms with Crippen LogP contribution >= 0.6 is 11.3 Å². The monoisotopic (exact) mass is 491 g/mol. The maximum Gasteiger partial charge on any atom is 0.156 e. The minimum Gasteiger partial charge on any atom is -0.771 e. The maximum absolute atomic E-state index is 11.4. The van der Waals surface area contributed by atoms with Gasteiger partial charge in [-0.15, -0.1) is 11.3 Å². The number of hydrogen-bond acceptors (Lipinski definition) is 8. The number of nitrogens with zero attached hydrogens (tertiary/aromatic N) is 7. The predicted octanol–water partition coefficient (Wildman–Crippen LogP) is 2.98. The van der Waals surface area contributed by atoms with E-state index in [0.717, 1.165) is 38.5 Å². The number of H-pyrrole nitrogens is 1. The van der Waals surface area contributed by atoms with Gasteiger partial charge in [0, 0.05) is 30.9 Å². The number of nitrogens with one attached hydrogen (secondary N) is 1. The van der Waals surface area contributed by atoms with Crippen LogP contribution in [0.4, 0.5) is 0 Å². The second kappa shape index (κ2) is 7.85. The summed E-state index contributed by atoms with van der Waals surface area (Å²) in [6.45, 7) is 2.52. The first kappa shape index (κ1) is 21.2. The fourth-order valence-corrected chi connectivity index (χ4v) is 5.75. The standard InChI is InChI=1S/C22H20N8O2S2/c1-14(34(31)32)28-12-22(13-28,5-6-23)29-11-15(9-26-29)30-19-16-4-7-24-20(16)25-10-17(19)27-21(30)18-3-2-8-33-18/h2-4,7-11,14H,5,12-13H2,1H3,(H,24,25)(H,31,32)/p-1. The smallest absolute Gasteiger partial charge is 0.156 e. The van der Waals surface area contributed by atoms with Gasteiger partial charge in [0.15, 0.2) is 5.82 Å². The Kier molecular flexibility index (Phi) is 4.89. The van der Waals surface area contributed by atoms with E-state index in [1.54, 1.807) is 30.7 Å². The van der Waals surface area contributed by atoms with Crippen molar-refractivity contribution in [2.24, 2.45) is 0 Å². The van der Waals surface area contributed by atoms with Gasteiger partial charge in [-0.2, -0.15) is 10.4 Å². The summed E-state index contributed by atoms with van der Waals surface area (Å²) < 4.78 is 26.7. The number of thiophene rings is 1. The van der Waals surface area contributed by atoms with E-state index < -0.39 is 22.0 Å². The van der Waals surface area contributed by atoms with Gasteiger partial charge in [0.1, 0.15) is 16.7 Å². The molecule has 12 heteroatoms. The molecule has 0 radical (unpaired) electrons. The molecule has 6 rings (SSSR count). The van der Waals surface area contributed by atoms with Crippen molar-refractivity contribution in [3.63, 3.8) is 0 Å². The molecule has 0 bridgehead atoms. The van der Waals surface area contributed by atoms with Gasteiger partial charge in [-0.05, 0) is 35.5 Å². The quantitative estimate of drug-likeness (QED) is 0.361. The number of fused-ring (bicyclic) bond motifs is 3. The fraction of sp³-hybridized carbons (Fsp3) is 0.273. The van der Waals surface area contributed by atoms with Crippen molar-refractivity contribution in [3.8, 4) is 22.5 Å². The average molecular weight is 492 g/mol. The maximum atomic E-state index is 11.4. The molecule has 0 saturated carbocycles. The summed E-state index contributed by atoms with van der Waals surface area (Å²) in [7, 11) is 0. The highest BCUT2D eigenvalue weighted by atomic mass is 32.2. The number of hydrogen-bond donors (Lipinski definition) is 1. The van der Waals surface area contributed by atoms with Gasteiger partial charge < -0.3 is 9.54 Å². The van der Waals surface area contributed by atoms with Crippen molar-refractivity contribution in [3.05, 3.63) is 48.4 Å². The van der Waals surface area contributed by atoms with Crippen LogP contribution < -0.4 is 0 Å². The lowest BCUT2D eigenvalue weighted by Crippen LogP contribution is -2.65. The molecule has 2 atom stereocenters. The lowest BCUT2D eigenvalue weighted by molar-refractivity contribution is -0.00185. The first-order valence-electron chi connectivity index (χ1n) is 10.6. The highest BCUT2D eigenvalue weighted by Gasteiger charge is 2.47. The van der Waals surface area contributed by atoms with Crippen molar-refractivity contribution < 1.29 is 8.76 Å². The second-order valence-electron chi connectivity index (χ2n) is 8.45. The molecule has 1 aliphatic heterocycles. The van der Waals surface area contributed by atoms with Crippen LogP contribution in [0.2, 0.25) is 0 Å². The summed E-state index contributed by atoms with van der Waals surface area (Å²) >= 11 is -0.601. The molecule has 5 aromatic heterocycles.